The van der Waals surface area contributed by atoms with Crippen molar-refractivity contribution in [2.24, 2.45) is 5.92 Å². The molecule has 2 fully saturated rings. The fraction of sp³-hybridized carbons (Fsp3) is 0.667. The van der Waals surface area contributed by atoms with Gasteiger partial charge in [0.05, 0.1) is 22.9 Å². The zero-order chi connectivity index (χ0) is 27.1. The molecule has 1 N–H and O–H groups in total. The highest BCUT2D eigenvalue weighted by Gasteiger charge is 2.49. The second-order valence-corrected chi connectivity index (χ2v) is 16.0. The van der Waals surface area contributed by atoms with Gasteiger partial charge in [-0.1, -0.05) is 52.9 Å². The Morgan fingerprint density at radius 3 is 2.55 bits per heavy atom. The highest BCUT2D eigenvalue weighted by atomic mass is 32.2. The molecule has 0 saturated heterocycles. The summed E-state index contributed by atoms with van der Waals surface area (Å²) >= 11 is 1.48. The first-order valence-electron chi connectivity index (χ1n) is 14.2. The van der Waals surface area contributed by atoms with E-state index >= 15 is 0 Å². The molecule has 1 amide bonds. The lowest BCUT2D eigenvalue weighted by Gasteiger charge is -2.32. The number of nitrogens with one attached hydrogen (secondary N) is 1. The number of fused-ring (bicyclic) bond motifs is 2. The molecule has 1 spiro atoms. The van der Waals surface area contributed by atoms with Crippen LogP contribution >= 0.6 is 11.3 Å². The van der Waals surface area contributed by atoms with Gasteiger partial charge in [-0.05, 0) is 61.1 Å². The molecule has 2 heterocycles. The second kappa shape index (κ2) is 10.6. The van der Waals surface area contributed by atoms with Gasteiger partial charge in [0.25, 0.3) is 5.91 Å². The average molecular weight is 559 g/mol. The van der Waals surface area contributed by atoms with E-state index in [1.807, 2.05) is 0 Å². The molecule has 3 aliphatic rings. The first kappa shape index (κ1) is 27.6. The van der Waals surface area contributed by atoms with Crippen LogP contribution in [0.3, 0.4) is 0 Å². The van der Waals surface area contributed by atoms with Crippen molar-refractivity contribution in [1.82, 2.24) is 10.3 Å². The third-order valence-electron chi connectivity index (χ3n) is 8.49. The zero-order valence-electron chi connectivity index (χ0n) is 23.3. The number of rotatable bonds is 8. The summed E-state index contributed by atoms with van der Waals surface area (Å²) in [4.78, 5) is 19.1. The van der Waals surface area contributed by atoms with Crippen molar-refractivity contribution in [3.8, 4) is 16.2 Å². The van der Waals surface area contributed by atoms with Crippen molar-refractivity contribution in [2.45, 2.75) is 95.8 Å². The van der Waals surface area contributed by atoms with E-state index in [0.29, 0.717) is 23.9 Å². The largest absolute Gasteiger partial charge is 0.493 e. The minimum atomic E-state index is -3.04. The van der Waals surface area contributed by atoms with E-state index in [1.54, 1.807) is 0 Å². The van der Waals surface area contributed by atoms with Gasteiger partial charge in [-0.3, -0.25) is 4.79 Å². The second-order valence-electron chi connectivity index (χ2n) is 12.8. The third-order valence-corrected chi connectivity index (χ3v) is 10.7. The first-order chi connectivity index (χ1) is 18.0. The standard InChI is InChI=1S/C30H42N2O4S2/c1-29(2,3)22-18-21(19-23-25(22)36-15-13-30(23)11-12-30)26-24(17-20-9-6-5-7-10-20)32-28(37-26)27(33)31-14-8-16-38(4,34)35/h18-20H,5-17H2,1-4H3,(H,31,33). The van der Waals surface area contributed by atoms with Crippen LogP contribution in [0.5, 0.6) is 5.75 Å². The van der Waals surface area contributed by atoms with E-state index in [2.05, 4.69) is 38.2 Å². The van der Waals surface area contributed by atoms with Gasteiger partial charge in [0.15, 0.2) is 5.01 Å². The minimum Gasteiger partial charge on any atom is -0.493 e. The Morgan fingerprint density at radius 1 is 1.16 bits per heavy atom. The predicted octanol–water partition coefficient (Wildman–Crippen LogP) is 6.21. The summed E-state index contributed by atoms with van der Waals surface area (Å²) < 4.78 is 29.2. The molecule has 1 aromatic carbocycles. The molecular formula is C30H42N2O4S2. The molecule has 0 radical (unpaired) electrons. The number of carbonyl (C=O) groups excluding carboxylic acids is 1. The number of nitrogens with zero attached hydrogens (tertiary/aromatic N) is 1. The quantitative estimate of drug-likeness (QED) is 0.390. The summed E-state index contributed by atoms with van der Waals surface area (Å²) in [5, 5.41) is 3.37. The van der Waals surface area contributed by atoms with Crippen LogP contribution in [0.2, 0.25) is 0 Å². The maximum Gasteiger partial charge on any atom is 0.280 e. The van der Waals surface area contributed by atoms with Crippen molar-refractivity contribution < 1.29 is 17.9 Å². The number of thiazole rings is 1. The molecule has 8 heteroatoms. The van der Waals surface area contributed by atoms with Crippen LogP contribution in [0.15, 0.2) is 12.1 Å². The lowest BCUT2D eigenvalue weighted by Crippen LogP contribution is -2.25. The van der Waals surface area contributed by atoms with Crippen LogP contribution in [0.25, 0.3) is 10.4 Å². The molecule has 38 heavy (non-hydrogen) atoms. The summed E-state index contributed by atoms with van der Waals surface area (Å²) in [6.45, 7) is 7.84. The maximum atomic E-state index is 13.1. The van der Waals surface area contributed by atoms with Gasteiger partial charge in [0, 0.05) is 29.3 Å². The molecule has 2 aromatic rings. The van der Waals surface area contributed by atoms with Crippen molar-refractivity contribution in [3.05, 3.63) is 34.0 Å². The Morgan fingerprint density at radius 2 is 1.89 bits per heavy atom. The number of ether oxygens (including phenoxy) is 1. The third kappa shape index (κ3) is 6.11. The van der Waals surface area contributed by atoms with Gasteiger partial charge in [0.2, 0.25) is 0 Å². The molecule has 208 valence electrons. The number of sulfone groups is 1. The summed E-state index contributed by atoms with van der Waals surface area (Å²) in [7, 11) is -3.04. The Bertz CT molecular complexity index is 1280. The molecule has 6 nitrogen and oxygen atoms in total. The smallest absolute Gasteiger partial charge is 0.280 e. The summed E-state index contributed by atoms with van der Waals surface area (Å²) in [6, 6.07) is 4.62. The van der Waals surface area contributed by atoms with Crippen LogP contribution in [-0.4, -0.2) is 44.5 Å². The number of amides is 1. The fourth-order valence-electron chi connectivity index (χ4n) is 6.11. The first-order valence-corrected chi connectivity index (χ1v) is 17.1. The van der Waals surface area contributed by atoms with Crippen LogP contribution in [0, 0.1) is 5.92 Å². The zero-order valence-corrected chi connectivity index (χ0v) is 25.0. The van der Waals surface area contributed by atoms with Gasteiger partial charge in [-0.15, -0.1) is 11.3 Å². The van der Waals surface area contributed by atoms with Crippen LogP contribution < -0.4 is 10.1 Å². The van der Waals surface area contributed by atoms with E-state index in [9.17, 15) is 13.2 Å². The molecule has 1 aromatic heterocycles. The average Bonchev–Trinajstić information content (AvgIpc) is 3.50. The number of carbonyl (C=O) groups is 1. The molecule has 0 bridgehead atoms. The maximum absolute atomic E-state index is 13.1. The minimum absolute atomic E-state index is 0.0673. The Kier molecular flexibility index (Phi) is 7.68. The highest BCUT2D eigenvalue weighted by Crippen LogP contribution is 2.58. The molecule has 2 aliphatic carbocycles. The molecule has 0 atom stereocenters. The van der Waals surface area contributed by atoms with E-state index in [0.717, 1.165) is 41.3 Å². The van der Waals surface area contributed by atoms with E-state index in [-0.39, 0.29) is 22.5 Å². The number of aromatic nitrogens is 1. The van der Waals surface area contributed by atoms with Crippen LogP contribution in [0.1, 0.15) is 105 Å². The van der Waals surface area contributed by atoms with Crippen molar-refractivity contribution in [1.29, 1.82) is 0 Å². The predicted molar refractivity (Wildman–Crippen MR) is 154 cm³/mol. The van der Waals surface area contributed by atoms with Crippen molar-refractivity contribution in [2.75, 3.05) is 25.2 Å². The lowest BCUT2D eigenvalue weighted by molar-refractivity contribution is 0.0953. The number of benzene rings is 1. The molecular weight excluding hydrogens is 516 g/mol. The Labute approximate surface area is 231 Å². The van der Waals surface area contributed by atoms with Gasteiger partial charge < -0.3 is 10.1 Å². The van der Waals surface area contributed by atoms with Crippen LogP contribution in [0.4, 0.5) is 0 Å². The lowest BCUT2D eigenvalue weighted by atomic mass is 9.79. The van der Waals surface area contributed by atoms with Crippen LogP contribution in [-0.2, 0) is 27.1 Å². The molecule has 5 rings (SSSR count). The van der Waals surface area contributed by atoms with E-state index < -0.39 is 9.84 Å². The van der Waals surface area contributed by atoms with Crippen molar-refractivity contribution in [3.63, 3.8) is 0 Å². The van der Waals surface area contributed by atoms with Gasteiger partial charge in [0.1, 0.15) is 15.6 Å². The fourth-order valence-corrected chi connectivity index (χ4v) is 7.77. The Hall–Kier alpha value is -1.93. The summed E-state index contributed by atoms with van der Waals surface area (Å²) in [6.07, 6.45) is 12.3. The van der Waals surface area contributed by atoms with Gasteiger partial charge in [-0.25, -0.2) is 13.4 Å². The monoisotopic (exact) mass is 558 g/mol. The van der Waals surface area contributed by atoms with Gasteiger partial charge >= 0.3 is 0 Å². The number of hydrogen-bond acceptors (Lipinski definition) is 6. The SMILES string of the molecule is CC(C)(C)c1cc(-c2sc(C(=O)NCCCS(C)(=O)=O)nc2CC2CCCCC2)cc2c1OCCC21CC1. The topological polar surface area (TPSA) is 85.4 Å². The summed E-state index contributed by atoms with van der Waals surface area (Å²) in [5.41, 5.74) is 4.95. The highest BCUT2D eigenvalue weighted by molar-refractivity contribution is 7.90. The van der Waals surface area contributed by atoms with E-state index in [4.69, 9.17) is 9.72 Å². The summed E-state index contributed by atoms with van der Waals surface area (Å²) in [5.74, 6) is 1.54. The van der Waals surface area contributed by atoms with Crippen molar-refractivity contribution >= 4 is 27.1 Å². The molecule has 2 saturated carbocycles. The number of hydrogen-bond donors (Lipinski definition) is 1. The molecule has 0 unspecified atom stereocenters. The normalized spacial score (nSPS) is 19.2. The Balaban J connectivity index is 1.50. The molecule has 1 aliphatic heterocycles. The van der Waals surface area contributed by atoms with E-state index in [1.165, 1.54) is 73.7 Å². The van der Waals surface area contributed by atoms with Gasteiger partial charge in [-0.2, -0.15) is 0 Å².